The largest absolute Gasteiger partial charge is 0.433 e. The Hall–Kier alpha value is -2.51. The third kappa shape index (κ3) is 6.60. The van der Waals surface area contributed by atoms with Crippen LogP contribution in [0.2, 0.25) is 0 Å². The Bertz CT molecular complexity index is 1640. The third-order valence-corrected chi connectivity index (χ3v) is 10.2. The summed E-state index contributed by atoms with van der Waals surface area (Å²) < 4.78 is 42.4. The highest BCUT2D eigenvalue weighted by atomic mass is 35.5. The van der Waals surface area contributed by atoms with Gasteiger partial charge >= 0.3 is 6.18 Å². The number of nitrogens with zero attached hydrogens (tertiary/aromatic N) is 4. The van der Waals surface area contributed by atoms with E-state index in [1.807, 2.05) is 13.8 Å². The highest BCUT2D eigenvalue weighted by Gasteiger charge is 2.72. The van der Waals surface area contributed by atoms with Gasteiger partial charge in [0, 0.05) is 35.8 Å². The van der Waals surface area contributed by atoms with Crippen LogP contribution in [0.4, 0.5) is 13.2 Å². The Morgan fingerprint density at radius 1 is 1.13 bits per heavy atom. The number of pyridine rings is 2. The number of piperidine rings is 1. The Balaban J connectivity index is 0.00000192. The number of aryl methyl sites for hydroxylation is 1. The first-order valence-corrected chi connectivity index (χ1v) is 15.3. The second-order valence-electron chi connectivity index (χ2n) is 12.8. The van der Waals surface area contributed by atoms with Crippen molar-refractivity contribution in [3.8, 4) is 11.3 Å². The van der Waals surface area contributed by atoms with E-state index in [1.54, 1.807) is 17.0 Å². The summed E-state index contributed by atoms with van der Waals surface area (Å²) in [6.07, 6.45) is -2.43. The van der Waals surface area contributed by atoms with Gasteiger partial charge in [-0.1, -0.05) is 27.7 Å². The second-order valence-corrected chi connectivity index (χ2v) is 14.0. The smallest absolute Gasteiger partial charge is 0.338 e. The molecule has 8 nitrogen and oxygen atoms in total. The lowest BCUT2D eigenvalue weighted by Gasteiger charge is -2.21. The van der Waals surface area contributed by atoms with Crippen LogP contribution in [0.1, 0.15) is 60.6 Å². The van der Waals surface area contributed by atoms with Crippen molar-refractivity contribution < 1.29 is 27.6 Å². The number of hydrogen-bond acceptors (Lipinski definition) is 7. The summed E-state index contributed by atoms with van der Waals surface area (Å²) in [6.45, 7) is 11.3. The van der Waals surface area contributed by atoms with E-state index in [-0.39, 0.29) is 101 Å². The maximum absolute atomic E-state index is 14.0. The fourth-order valence-electron chi connectivity index (χ4n) is 6.59. The van der Waals surface area contributed by atoms with Crippen LogP contribution >= 0.6 is 48.6 Å². The summed E-state index contributed by atoms with van der Waals surface area (Å²) in [5.74, 6) is -1.10. The molecule has 15 heteroatoms. The predicted octanol–water partition coefficient (Wildman–Crippen LogP) is 6.55. The topological polar surface area (TPSA) is 95.5 Å². The van der Waals surface area contributed by atoms with Gasteiger partial charge in [-0.3, -0.25) is 24.3 Å². The van der Waals surface area contributed by atoms with Crippen LogP contribution in [0, 0.1) is 30.1 Å². The number of halogens is 6. The van der Waals surface area contributed by atoms with Gasteiger partial charge in [0.05, 0.1) is 39.9 Å². The maximum Gasteiger partial charge on any atom is 0.433 e. The van der Waals surface area contributed by atoms with Crippen LogP contribution in [-0.2, 0) is 22.3 Å². The molecule has 252 valence electrons. The van der Waals surface area contributed by atoms with E-state index in [2.05, 4.69) is 29.1 Å². The average Bonchev–Trinajstić information content (AvgIpc) is 3.34. The second kappa shape index (κ2) is 13.5. The molecule has 1 N–H and O–H groups in total. The Kier molecular flexibility index (Phi) is 11.2. The van der Waals surface area contributed by atoms with E-state index in [9.17, 15) is 27.6 Å². The van der Waals surface area contributed by atoms with Crippen LogP contribution in [0.25, 0.3) is 21.5 Å². The summed E-state index contributed by atoms with van der Waals surface area (Å²) in [5, 5.41) is 3.40. The lowest BCUT2D eigenvalue weighted by Crippen LogP contribution is -2.35. The molecule has 3 amide bonds. The number of likely N-dealkylation sites (tertiary alicyclic amines) is 2. The van der Waals surface area contributed by atoms with E-state index in [0.29, 0.717) is 39.8 Å². The monoisotopic (exact) mass is 721 g/mol. The van der Waals surface area contributed by atoms with Crippen LogP contribution in [0.5, 0.6) is 0 Å². The summed E-state index contributed by atoms with van der Waals surface area (Å²) in [6, 6.07) is 4.56. The zero-order valence-electron chi connectivity index (χ0n) is 25.9. The van der Waals surface area contributed by atoms with Crippen molar-refractivity contribution in [1.29, 1.82) is 0 Å². The minimum absolute atomic E-state index is 0. The molecule has 0 spiro atoms. The van der Waals surface area contributed by atoms with Gasteiger partial charge in [0.2, 0.25) is 11.8 Å². The lowest BCUT2D eigenvalue weighted by atomic mass is 9.99. The predicted molar refractivity (Wildman–Crippen MR) is 178 cm³/mol. The van der Waals surface area contributed by atoms with Gasteiger partial charge in [-0.05, 0) is 55.0 Å². The Morgan fingerprint density at radius 2 is 1.78 bits per heavy atom. The molecule has 0 radical (unpaired) electrons. The molecule has 2 aliphatic heterocycles. The summed E-state index contributed by atoms with van der Waals surface area (Å²) >= 11 is 1.24. The molecule has 3 fully saturated rings. The first-order valence-electron chi connectivity index (χ1n) is 14.5. The lowest BCUT2D eigenvalue weighted by molar-refractivity contribution is -0.144. The fraction of sp³-hybridized carbons (Fsp3) is 0.516. The molecule has 3 aromatic heterocycles. The molecule has 0 bridgehead atoms. The minimum Gasteiger partial charge on any atom is -0.338 e. The third-order valence-electron chi connectivity index (χ3n) is 9.03. The first-order chi connectivity index (χ1) is 20.2. The number of rotatable bonds is 7. The molecule has 3 aromatic rings. The van der Waals surface area contributed by atoms with Crippen molar-refractivity contribution in [2.75, 3.05) is 19.6 Å². The van der Waals surface area contributed by atoms with Gasteiger partial charge < -0.3 is 10.2 Å². The van der Waals surface area contributed by atoms with Crippen LogP contribution in [-0.4, -0.2) is 63.2 Å². The number of thiophene rings is 1. The zero-order valence-corrected chi connectivity index (χ0v) is 29.2. The molecule has 6 rings (SSSR count). The van der Waals surface area contributed by atoms with Crippen LogP contribution < -0.4 is 5.32 Å². The summed E-state index contributed by atoms with van der Waals surface area (Å²) in [5.41, 5.74) is -0.247. The molecule has 1 saturated carbocycles. The Morgan fingerprint density at radius 3 is 2.39 bits per heavy atom. The number of carbonyl (C=O) groups is 3. The highest BCUT2D eigenvalue weighted by molar-refractivity contribution is 7.19. The number of nitrogens with one attached hydrogen (secondary N) is 1. The van der Waals surface area contributed by atoms with Crippen molar-refractivity contribution in [2.45, 2.75) is 59.8 Å². The molecule has 3 aliphatic rings. The van der Waals surface area contributed by atoms with Crippen molar-refractivity contribution in [1.82, 2.24) is 25.1 Å². The molecule has 3 unspecified atom stereocenters. The van der Waals surface area contributed by atoms with E-state index >= 15 is 0 Å². The number of imide groups is 1. The Labute approximate surface area is 288 Å². The fourth-order valence-corrected chi connectivity index (χ4v) is 7.71. The van der Waals surface area contributed by atoms with E-state index in [4.69, 9.17) is 0 Å². The van der Waals surface area contributed by atoms with Gasteiger partial charge in [0.15, 0.2) is 0 Å². The molecule has 1 aliphatic carbocycles. The van der Waals surface area contributed by atoms with E-state index in [0.717, 1.165) is 19.0 Å². The minimum atomic E-state index is -4.71. The molecule has 5 heterocycles. The molecular weight excluding hydrogens is 686 g/mol. The number of carbonyl (C=O) groups excluding carboxylic acids is 3. The van der Waals surface area contributed by atoms with Gasteiger partial charge in [-0.15, -0.1) is 48.6 Å². The number of amides is 3. The summed E-state index contributed by atoms with van der Waals surface area (Å²) in [7, 11) is 0. The number of alkyl halides is 3. The van der Waals surface area contributed by atoms with Gasteiger partial charge in [-0.25, -0.2) is 4.98 Å². The van der Waals surface area contributed by atoms with E-state index < -0.39 is 11.9 Å². The van der Waals surface area contributed by atoms with Gasteiger partial charge in [0.1, 0.15) is 5.69 Å². The molecule has 3 atom stereocenters. The molecular formula is C31H37Cl3F3N5O3S. The van der Waals surface area contributed by atoms with Crippen LogP contribution in [0.3, 0.4) is 0 Å². The zero-order chi connectivity index (χ0) is 31.0. The molecule has 2 saturated heterocycles. The summed E-state index contributed by atoms with van der Waals surface area (Å²) in [4.78, 5) is 51.9. The molecule has 46 heavy (non-hydrogen) atoms. The van der Waals surface area contributed by atoms with Crippen molar-refractivity contribution in [3.05, 3.63) is 46.1 Å². The highest BCUT2D eigenvalue weighted by Crippen LogP contribution is 2.63. The first kappa shape index (κ1) is 37.9. The van der Waals surface area contributed by atoms with Crippen molar-refractivity contribution in [3.63, 3.8) is 0 Å². The molecule has 0 aromatic carbocycles. The number of hydrogen-bond donors (Lipinski definition) is 1. The van der Waals surface area contributed by atoms with Gasteiger partial charge in [-0.2, -0.15) is 13.2 Å². The number of fused-ring (bicyclic) bond motifs is 2. The standard InChI is InChI=1S/C31H34F3N5O3S.3ClH/c1-15(2)36-12-17-7-9-38(13-17)27(40)22-16(3)10-21(31(32,33)34)37-25(22)19-6-8-35-20-11-18(43-26(19)20)14-39-28(41)23-24(29(39)42)30(23,4)5;;;/h6,8,10-11,15,17,23-24,36H,7,9,12-14H2,1-5H3;3*1H. The average molecular weight is 723 g/mol. The quantitative estimate of drug-likeness (QED) is 0.278. The van der Waals surface area contributed by atoms with E-state index in [1.165, 1.54) is 29.4 Å². The normalized spacial score (nSPS) is 21.6. The van der Waals surface area contributed by atoms with Crippen LogP contribution in [0.15, 0.2) is 24.4 Å². The van der Waals surface area contributed by atoms with Crippen molar-refractivity contribution >= 4 is 76.5 Å². The van der Waals surface area contributed by atoms with Crippen molar-refractivity contribution in [2.24, 2.45) is 23.2 Å². The van der Waals surface area contributed by atoms with Gasteiger partial charge in [0.25, 0.3) is 5.91 Å². The maximum atomic E-state index is 14.0. The SMILES string of the molecule is Cc1cc(C(F)(F)F)nc(-c2ccnc3cc(CN4C(=O)C5C(C4=O)C5(C)C)sc23)c1C(=O)N1CCC(CNC(C)C)C1.Cl.Cl.Cl. The number of aromatic nitrogens is 2.